The van der Waals surface area contributed by atoms with Crippen molar-refractivity contribution < 1.29 is 4.79 Å². The molecule has 2 rings (SSSR count). The predicted octanol–water partition coefficient (Wildman–Crippen LogP) is 1.77. The summed E-state index contributed by atoms with van der Waals surface area (Å²) >= 11 is 5.89. The Hall–Kier alpha value is -1.00. The second kappa shape index (κ2) is 4.70. The lowest BCUT2D eigenvalue weighted by molar-refractivity contribution is 0.0920. The maximum Gasteiger partial charge on any atom is 0.268 e. The summed E-state index contributed by atoms with van der Waals surface area (Å²) in [5.74, 6) is -0.101. The van der Waals surface area contributed by atoms with Crippen molar-refractivity contribution in [1.29, 1.82) is 0 Å². The Morgan fingerprint density at radius 3 is 2.88 bits per heavy atom. The van der Waals surface area contributed by atoms with Gasteiger partial charge in [-0.25, -0.2) is 0 Å². The Balaban J connectivity index is 1.99. The molecule has 0 bridgehead atoms. The summed E-state index contributed by atoms with van der Waals surface area (Å²) in [5, 5.41) is 3.47. The van der Waals surface area contributed by atoms with E-state index in [9.17, 15) is 4.79 Å². The van der Waals surface area contributed by atoms with Gasteiger partial charge in [0, 0.05) is 24.8 Å². The van der Waals surface area contributed by atoms with Crippen LogP contribution in [0.4, 0.5) is 0 Å². The monoisotopic (exact) mass is 255 g/mol. The number of carbonyl (C=O) groups is 1. The summed E-state index contributed by atoms with van der Waals surface area (Å²) in [4.78, 5) is 12.0. The van der Waals surface area contributed by atoms with E-state index in [1.54, 1.807) is 12.3 Å². The van der Waals surface area contributed by atoms with Gasteiger partial charge in [0.05, 0.1) is 5.02 Å². The van der Waals surface area contributed by atoms with E-state index in [4.69, 9.17) is 17.3 Å². The minimum absolute atomic E-state index is 0.101. The fraction of sp³-hybridized carbons (Fsp3) is 0.583. The number of aromatic nitrogens is 1. The second-order valence-electron chi connectivity index (χ2n) is 4.73. The van der Waals surface area contributed by atoms with E-state index in [0.29, 0.717) is 17.3 Å². The molecule has 0 unspecified atom stereocenters. The molecule has 94 valence electrons. The Morgan fingerprint density at radius 2 is 2.35 bits per heavy atom. The zero-order valence-corrected chi connectivity index (χ0v) is 10.8. The fourth-order valence-electron chi connectivity index (χ4n) is 2.08. The SMILES string of the molecule is CCn1cc(Cl)cc1C(=O)NCC1(N)CCC1. The molecule has 1 aromatic rings. The molecule has 1 amide bonds. The lowest BCUT2D eigenvalue weighted by atomic mass is 9.78. The van der Waals surface area contributed by atoms with Crippen molar-refractivity contribution in [2.45, 2.75) is 38.3 Å². The highest BCUT2D eigenvalue weighted by Gasteiger charge is 2.32. The van der Waals surface area contributed by atoms with E-state index < -0.39 is 0 Å². The number of carbonyl (C=O) groups excluding carboxylic acids is 1. The summed E-state index contributed by atoms with van der Waals surface area (Å²) < 4.78 is 1.83. The van der Waals surface area contributed by atoms with Gasteiger partial charge in [0.1, 0.15) is 5.69 Å². The standard InChI is InChI=1S/C12H18ClN3O/c1-2-16-7-9(13)6-10(16)11(17)15-8-12(14)4-3-5-12/h6-7H,2-5,8,14H2,1H3,(H,15,17). The minimum Gasteiger partial charge on any atom is -0.349 e. The minimum atomic E-state index is -0.191. The van der Waals surface area contributed by atoms with E-state index >= 15 is 0 Å². The van der Waals surface area contributed by atoms with Gasteiger partial charge >= 0.3 is 0 Å². The van der Waals surface area contributed by atoms with E-state index in [2.05, 4.69) is 5.32 Å². The molecule has 3 N–H and O–H groups in total. The van der Waals surface area contributed by atoms with Crippen LogP contribution in [-0.2, 0) is 6.54 Å². The van der Waals surface area contributed by atoms with Crippen LogP contribution in [0.3, 0.4) is 0 Å². The number of amides is 1. The molecule has 1 heterocycles. The summed E-state index contributed by atoms with van der Waals surface area (Å²) in [6.45, 7) is 3.24. The van der Waals surface area contributed by atoms with Gasteiger partial charge in [-0.3, -0.25) is 4.79 Å². The number of rotatable bonds is 4. The van der Waals surface area contributed by atoms with E-state index in [1.165, 1.54) is 0 Å². The number of nitrogens with one attached hydrogen (secondary N) is 1. The molecule has 5 heteroatoms. The van der Waals surface area contributed by atoms with Crippen LogP contribution < -0.4 is 11.1 Å². The van der Waals surface area contributed by atoms with Gasteiger partial charge in [-0.05, 0) is 32.3 Å². The van der Waals surface area contributed by atoms with Crippen molar-refractivity contribution >= 4 is 17.5 Å². The zero-order valence-electron chi connectivity index (χ0n) is 10.0. The highest BCUT2D eigenvalue weighted by molar-refractivity contribution is 6.31. The maximum atomic E-state index is 12.0. The molecule has 0 radical (unpaired) electrons. The van der Waals surface area contributed by atoms with Gasteiger partial charge in [-0.15, -0.1) is 0 Å². The molecule has 17 heavy (non-hydrogen) atoms. The Labute approximate surface area is 106 Å². The van der Waals surface area contributed by atoms with Crippen molar-refractivity contribution in [3.63, 3.8) is 0 Å². The third-order valence-corrected chi connectivity index (χ3v) is 3.59. The van der Waals surface area contributed by atoms with Crippen molar-refractivity contribution in [1.82, 2.24) is 9.88 Å². The first-order chi connectivity index (χ1) is 8.04. The quantitative estimate of drug-likeness (QED) is 0.862. The van der Waals surface area contributed by atoms with Gasteiger partial charge in [-0.1, -0.05) is 11.6 Å². The normalized spacial score (nSPS) is 17.6. The highest BCUT2D eigenvalue weighted by Crippen LogP contribution is 2.28. The topological polar surface area (TPSA) is 60.0 Å². The molecular weight excluding hydrogens is 238 g/mol. The lowest BCUT2D eigenvalue weighted by Gasteiger charge is -2.38. The molecule has 1 saturated carbocycles. The molecule has 0 saturated heterocycles. The van der Waals surface area contributed by atoms with E-state index in [-0.39, 0.29) is 11.4 Å². The predicted molar refractivity (Wildman–Crippen MR) is 68.2 cm³/mol. The van der Waals surface area contributed by atoms with Crippen LogP contribution in [0.1, 0.15) is 36.7 Å². The summed E-state index contributed by atoms with van der Waals surface area (Å²) in [6.07, 6.45) is 4.90. The van der Waals surface area contributed by atoms with Crippen LogP contribution in [0.25, 0.3) is 0 Å². The number of nitrogens with zero attached hydrogens (tertiary/aromatic N) is 1. The van der Waals surface area contributed by atoms with Crippen molar-refractivity contribution in [3.05, 3.63) is 23.0 Å². The smallest absolute Gasteiger partial charge is 0.268 e. The van der Waals surface area contributed by atoms with Gasteiger partial charge in [-0.2, -0.15) is 0 Å². The molecule has 1 aliphatic carbocycles. The average Bonchev–Trinajstić information content (AvgIpc) is 2.64. The first-order valence-electron chi connectivity index (χ1n) is 5.97. The van der Waals surface area contributed by atoms with Crippen LogP contribution in [0.5, 0.6) is 0 Å². The number of hydrogen-bond donors (Lipinski definition) is 2. The average molecular weight is 256 g/mol. The second-order valence-corrected chi connectivity index (χ2v) is 5.16. The summed E-state index contributed by atoms with van der Waals surface area (Å²) in [7, 11) is 0. The van der Waals surface area contributed by atoms with E-state index in [1.807, 2.05) is 11.5 Å². The van der Waals surface area contributed by atoms with E-state index in [0.717, 1.165) is 25.8 Å². The molecule has 0 spiro atoms. The summed E-state index contributed by atoms with van der Waals surface area (Å²) in [6, 6.07) is 1.68. The molecule has 1 fully saturated rings. The number of halogens is 1. The number of hydrogen-bond acceptors (Lipinski definition) is 2. The maximum absolute atomic E-state index is 12.0. The summed E-state index contributed by atoms with van der Waals surface area (Å²) in [5.41, 5.74) is 6.46. The van der Waals surface area contributed by atoms with Crippen LogP contribution in [0, 0.1) is 0 Å². The number of aryl methyl sites for hydroxylation is 1. The van der Waals surface area contributed by atoms with Crippen molar-refractivity contribution in [3.8, 4) is 0 Å². The zero-order chi connectivity index (χ0) is 12.5. The Kier molecular flexibility index (Phi) is 3.45. The van der Waals surface area contributed by atoms with Crippen molar-refractivity contribution in [2.24, 2.45) is 5.73 Å². The first-order valence-corrected chi connectivity index (χ1v) is 6.35. The largest absolute Gasteiger partial charge is 0.349 e. The van der Waals surface area contributed by atoms with Gasteiger partial charge < -0.3 is 15.6 Å². The fourth-order valence-corrected chi connectivity index (χ4v) is 2.30. The van der Waals surface area contributed by atoms with Gasteiger partial charge in [0.2, 0.25) is 0 Å². The lowest BCUT2D eigenvalue weighted by Crippen LogP contribution is -2.55. The number of nitrogens with two attached hydrogens (primary N) is 1. The first kappa shape index (κ1) is 12.5. The van der Waals surface area contributed by atoms with Gasteiger partial charge in [0.15, 0.2) is 0 Å². The van der Waals surface area contributed by atoms with Crippen LogP contribution in [0.2, 0.25) is 5.02 Å². The van der Waals surface area contributed by atoms with Crippen LogP contribution in [-0.4, -0.2) is 22.6 Å². The molecular formula is C12H18ClN3O. The Bertz CT molecular complexity index is 423. The third-order valence-electron chi connectivity index (χ3n) is 3.39. The third kappa shape index (κ3) is 2.64. The van der Waals surface area contributed by atoms with Crippen LogP contribution >= 0.6 is 11.6 Å². The molecule has 0 atom stereocenters. The molecule has 4 nitrogen and oxygen atoms in total. The van der Waals surface area contributed by atoms with Crippen molar-refractivity contribution in [2.75, 3.05) is 6.54 Å². The molecule has 0 aliphatic heterocycles. The molecule has 1 aromatic heterocycles. The van der Waals surface area contributed by atoms with Gasteiger partial charge in [0.25, 0.3) is 5.91 Å². The highest BCUT2D eigenvalue weighted by atomic mass is 35.5. The van der Waals surface area contributed by atoms with Crippen LogP contribution in [0.15, 0.2) is 12.3 Å². The molecule has 0 aromatic carbocycles. The Morgan fingerprint density at radius 1 is 1.65 bits per heavy atom. The molecule has 1 aliphatic rings.